The summed E-state index contributed by atoms with van der Waals surface area (Å²) < 4.78 is 242. The Labute approximate surface area is 154 Å². The van der Waals surface area contributed by atoms with Crippen molar-refractivity contribution in [1.82, 2.24) is 0 Å². The molecule has 0 saturated carbocycles. The highest BCUT2D eigenvalue weighted by atomic mass is 19.5. The van der Waals surface area contributed by atoms with Crippen molar-refractivity contribution in [3.05, 3.63) is 0 Å². The number of rotatable bonds is 8. The number of hydrogen-bond donors (Lipinski definition) is 1. The monoisotopic (exact) mass is 523 g/mol. The maximum absolute atomic E-state index is 13.1. The van der Waals surface area contributed by atoms with Crippen LogP contribution in [0.25, 0.3) is 0 Å². The van der Waals surface area contributed by atoms with E-state index in [0.717, 1.165) is 0 Å². The molecule has 21 heteroatoms. The third-order valence-corrected chi connectivity index (χ3v) is 3.38. The molecule has 0 radical (unpaired) electrons. The minimum atomic E-state index is -9.06. The molecule has 0 aliphatic rings. The van der Waals surface area contributed by atoms with Gasteiger partial charge in [0.05, 0.1) is 0 Å². The van der Waals surface area contributed by atoms with Crippen LogP contribution in [0, 0.1) is 0 Å². The zero-order valence-corrected chi connectivity index (χ0v) is 13.0. The van der Waals surface area contributed by atoms with E-state index in [0.29, 0.717) is 0 Å². The molecule has 0 aromatic rings. The predicted octanol–water partition coefficient (Wildman–Crippen LogP) is 5.72. The molecule has 0 atom stereocenters. The molecule has 0 aliphatic carbocycles. The highest BCUT2D eigenvalue weighted by Gasteiger charge is 2.97. The molecule has 0 unspecified atom stereocenters. The molecule has 0 aliphatic heterocycles. The number of alkyl halides is 19. The van der Waals surface area contributed by atoms with Crippen LogP contribution in [0.1, 0.15) is 0 Å². The molecule has 0 fully saturated rings. The lowest BCUT2D eigenvalue weighted by atomic mass is 10.8. The van der Waals surface area contributed by atoms with Crippen LogP contribution >= 0.6 is 0 Å². The van der Waals surface area contributed by atoms with Crippen LogP contribution in [-0.4, -0.2) is 64.6 Å². The van der Waals surface area contributed by atoms with Crippen molar-refractivity contribution in [2.75, 3.05) is 0 Å². The lowest BCUT2D eigenvalue weighted by Crippen LogP contribution is -2.76. The Kier molecular flexibility index (Phi) is 6.41. The van der Waals surface area contributed by atoms with Crippen LogP contribution in [0.3, 0.4) is 0 Å². The molecule has 0 amide bonds. The third-order valence-electron chi connectivity index (χ3n) is 3.38. The largest absolute Gasteiger partial charge is 0.477 e. The van der Waals surface area contributed by atoms with Crippen molar-refractivity contribution < 1.29 is 93.3 Å². The second-order valence-electron chi connectivity index (χ2n) is 5.40. The van der Waals surface area contributed by atoms with Gasteiger partial charge in [-0.05, 0) is 0 Å². The van der Waals surface area contributed by atoms with Gasteiger partial charge >= 0.3 is 59.5 Å². The summed E-state index contributed by atoms with van der Waals surface area (Å²) in [6, 6.07) is 0. The van der Waals surface area contributed by atoms with E-state index in [-0.39, 0.29) is 0 Å². The molecule has 1 N–H and O–H groups in total. The zero-order chi connectivity index (χ0) is 26.1. The summed E-state index contributed by atoms with van der Waals surface area (Å²) >= 11 is 0. The number of hydrogen-bond acceptors (Lipinski definition) is 1. The van der Waals surface area contributed by atoms with Crippen molar-refractivity contribution in [3.8, 4) is 0 Å². The third kappa shape index (κ3) is 3.32. The molecular formula is C10HF19O2. The molecule has 0 aromatic heterocycles. The second-order valence-corrected chi connectivity index (χ2v) is 5.40. The molecule has 0 rings (SSSR count). The number of aliphatic carboxylic acids is 1. The van der Waals surface area contributed by atoms with Gasteiger partial charge in [0, 0.05) is 0 Å². The van der Waals surface area contributed by atoms with E-state index in [1.165, 1.54) is 0 Å². The minimum Gasteiger partial charge on any atom is -0.477 e. The van der Waals surface area contributed by atoms with Crippen LogP contribution in [0.15, 0.2) is 0 Å². The lowest BCUT2D eigenvalue weighted by molar-refractivity contribution is -0.467. The Hall–Kier alpha value is -1.86. The second kappa shape index (κ2) is 6.82. The summed E-state index contributed by atoms with van der Waals surface area (Å²) in [5.41, 5.74) is 0. The molecule has 0 spiro atoms. The van der Waals surface area contributed by atoms with Crippen LogP contribution in [0.4, 0.5) is 83.4 Å². The van der Waals surface area contributed by atoms with E-state index in [9.17, 15) is 88.2 Å². The smallest absolute Gasteiger partial charge is 0.460 e. The maximum atomic E-state index is 13.1. The van der Waals surface area contributed by atoms with Crippen molar-refractivity contribution in [2.24, 2.45) is 0 Å². The average Bonchev–Trinajstić information content (AvgIpc) is 2.52. The Bertz CT molecular complexity index is 701. The quantitative estimate of drug-likeness (QED) is 0.327. The first kappa shape index (κ1) is 29.1. The molecule has 31 heavy (non-hydrogen) atoms. The Morgan fingerprint density at radius 2 is 0.581 bits per heavy atom. The number of carboxylic acids is 1. The first-order chi connectivity index (χ1) is 12.9. The van der Waals surface area contributed by atoms with E-state index in [4.69, 9.17) is 5.11 Å². The van der Waals surface area contributed by atoms with Gasteiger partial charge in [-0.15, -0.1) is 0 Å². The Morgan fingerprint density at radius 3 is 0.774 bits per heavy atom. The number of carbonyl (C=O) groups is 1. The zero-order valence-electron chi connectivity index (χ0n) is 13.0. The fourth-order valence-electron chi connectivity index (χ4n) is 1.50. The van der Waals surface area contributed by atoms with Gasteiger partial charge in [-0.25, -0.2) is 4.79 Å². The van der Waals surface area contributed by atoms with Crippen molar-refractivity contribution in [2.45, 2.75) is 53.6 Å². The van der Waals surface area contributed by atoms with Crippen molar-refractivity contribution in [1.29, 1.82) is 0 Å². The van der Waals surface area contributed by atoms with Crippen molar-refractivity contribution >= 4 is 5.97 Å². The highest BCUT2D eigenvalue weighted by molar-refractivity contribution is 5.77. The van der Waals surface area contributed by atoms with Gasteiger partial charge in [-0.2, -0.15) is 83.4 Å². The van der Waals surface area contributed by atoms with Crippen molar-refractivity contribution in [3.63, 3.8) is 0 Å². The summed E-state index contributed by atoms with van der Waals surface area (Å²) in [5, 5.41) is 7.61. The van der Waals surface area contributed by atoms with Gasteiger partial charge in [0.2, 0.25) is 0 Å². The molecule has 186 valence electrons. The fourth-order valence-corrected chi connectivity index (χ4v) is 1.50. The van der Waals surface area contributed by atoms with E-state index in [2.05, 4.69) is 0 Å². The van der Waals surface area contributed by atoms with E-state index < -0.39 is 59.5 Å². The standard InChI is InChI=1S/C10HF19O2/c11-2(12,1(30)31)3(13,14)4(15,16)5(17,18)6(19,20)7(21,22)8(23,24)9(25,26)10(27,28)29/h(H,30,31)/i1+1,2+1,3+1,4+1,5+1,6+1,7+1,8+1,9+1. The minimum absolute atomic E-state index is 4.48. The number of carboxylic acid groups (broad SMARTS) is 1. The van der Waals surface area contributed by atoms with Crippen LogP contribution in [0.5, 0.6) is 0 Å². The van der Waals surface area contributed by atoms with E-state index in [1.807, 2.05) is 0 Å². The number of halogens is 19. The van der Waals surface area contributed by atoms with Crippen LogP contribution in [-0.2, 0) is 4.79 Å². The summed E-state index contributed by atoms with van der Waals surface area (Å²) in [5.74, 6) is -73.3. The van der Waals surface area contributed by atoms with Gasteiger partial charge in [-0.3, -0.25) is 0 Å². The van der Waals surface area contributed by atoms with E-state index in [1.54, 1.807) is 0 Å². The topological polar surface area (TPSA) is 37.3 Å². The summed E-state index contributed by atoms with van der Waals surface area (Å²) in [6.07, 6.45) is -7.95. The lowest BCUT2D eigenvalue weighted by Gasteiger charge is -2.43. The molecule has 0 aromatic carbocycles. The van der Waals surface area contributed by atoms with E-state index >= 15 is 0 Å². The van der Waals surface area contributed by atoms with Crippen LogP contribution < -0.4 is 0 Å². The molecule has 2 nitrogen and oxygen atoms in total. The van der Waals surface area contributed by atoms with Gasteiger partial charge < -0.3 is 5.11 Å². The van der Waals surface area contributed by atoms with Gasteiger partial charge in [0.1, 0.15) is 0 Å². The van der Waals surface area contributed by atoms with Crippen LogP contribution in [0.2, 0.25) is 0 Å². The molecule has 0 bridgehead atoms. The Balaban J connectivity index is 6.95. The fraction of sp³-hybridized carbons (Fsp3) is 0.900. The SMILES string of the molecule is O=[13C](O)[13C](F)(F)[13C](F)(F)[13C](F)(F)[13C](F)(F)[13C](F)(F)[13C](F)(F)[13C](F)(F)[13C](F)(F)C(F)(F)F. The summed E-state index contributed by atoms with van der Waals surface area (Å²) in [7, 11) is 0. The predicted molar refractivity (Wildman–Crippen MR) is 53.3 cm³/mol. The summed E-state index contributed by atoms with van der Waals surface area (Å²) in [6.45, 7) is 0. The van der Waals surface area contributed by atoms with Gasteiger partial charge in [0.15, 0.2) is 0 Å². The molecular weight excluding hydrogens is 522 g/mol. The van der Waals surface area contributed by atoms with Gasteiger partial charge in [-0.1, -0.05) is 0 Å². The maximum Gasteiger partial charge on any atom is 0.460 e. The van der Waals surface area contributed by atoms with Gasteiger partial charge in [0.25, 0.3) is 0 Å². The molecule has 0 saturated heterocycles. The average molecular weight is 523 g/mol. The normalized spacial score (nSPS) is 16.5. The Morgan fingerprint density at radius 1 is 0.387 bits per heavy atom. The molecule has 0 heterocycles. The highest BCUT2D eigenvalue weighted by Crippen LogP contribution is 2.65. The first-order valence-corrected chi connectivity index (χ1v) is 6.27. The summed E-state index contributed by atoms with van der Waals surface area (Å²) in [4.78, 5) is 9.80. The first-order valence-electron chi connectivity index (χ1n) is 6.27.